The smallest absolute Gasteiger partial charge is 0.339 e. The maximum absolute atomic E-state index is 14.4. The minimum atomic E-state index is -4.64. The number of hydrogen-bond acceptors (Lipinski definition) is 16. The third kappa shape index (κ3) is 15.3. The first-order valence-corrected chi connectivity index (χ1v) is 35.6. The van der Waals surface area contributed by atoms with E-state index < -0.39 is 40.5 Å². The van der Waals surface area contributed by atoms with E-state index in [9.17, 15) is 33.7 Å². The van der Waals surface area contributed by atoms with Gasteiger partial charge in [-0.1, -0.05) is 182 Å². The second-order valence-electron chi connectivity index (χ2n) is 16.8. The van der Waals surface area contributed by atoms with Crippen molar-refractivity contribution in [3.63, 3.8) is 0 Å². The number of aryl methyl sites for hydroxylation is 4. The molecule has 1 aliphatic heterocycles. The highest BCUT2D eigenvalue weighted by molar-refractivity contribution is 9.11. The molecule has 0 aliphatic carbocycles. The Bertz CT molecular complexity index is 3480. The summed E-state index contributed by atoms with van der Waals surface area (Å²) in [6.07, 6.45) is 0. The fourth-order valence-electron chi connectivity index (χ4n) is 7.04. The third-order valence-electron chi connectivity index (χ3n) is 10.8. The van der Waals surface area contributed by atoms with Crippen molar-refractivity contribution in [1.29, 1.82) is 0 Å². The quantitative estimate of drug-likeness (QED) is 0.0834. The largest absolute Gasteiger partial charge is 0.377 e. The predicted molar refractivity (Wildman–Crippen MR) is 326 cm³/mol. The van der Waals surface area contributed by atoms with Crippen LogP contribution in [-0.4, -0.2) is 39.0 Å². The first kappa shape index (κ1) is 61.7. The highest BCUT2D eigenvalue weighted by atomic mass is 79.9. The van der Waals surface area contributed by atoms with Crippen molar-refractivity contribution < 1.29 is 50.4 Å². The van der Waals surface area contributed by atoms with E-state index in [1.165, 1.54) is 48.5 Å². The van der Waals surface area contributed by atoms with Gasteiger partial charge in [0, 0.05) is 17.9 Å². The van der Waals surface area contributed by atoms with E-state index in [1.807, 2.05) is 0 Å². The molecule has 0 saturated heterocycles. The molecular weight excluding hydrogens is 1480 g/mol. The number of halogens is 6. The minimum Gasteiger partial charge on any atom is -0.377 e. The van der Waals surface area contributed by atoms with Gasteiger partial charge in [0.15, 0.2) is 23.0 Å². The van der Waals surface area contributed by atoms with Crippen LogP contribution in [0.3, 0.4) is 0 Å². The summed E-state index contributed by atoms with van der Waals surface area (Å²) < 4.78 is 142. The van der Waals surface area contributed by atoms with Gasteiger partial charge < -0.3 is 16.7 Å². The molecule has 9 rings (SSSR count). The number of rotatable bonds is 12. The Kier molecular flexibility index (Phi) is 20.0. The van der Waals surface area contributed by atoms with Gasteiger partial charge in [-0.05, 0) is 125 Å². The average molecular weight is 1510 g/mol. The summed E-state index contributed by atoms with van der Waals surface area (Å²) in [5.41, 5.74) is 3.17. The molecule has 12 nitrogen and oxygen atoms in total. The normalized spacial score (nSPS) is 12.7. The third-order valence-corrected chi connectivity index (χ3v) is 21.8. The molecule has 26 heteroatoms. The standard InChI is InChI=1S/C52H36Br4O12S8.CH2Cl2/c1-29-5-13-37(14-6-29)73(57,58)65-49-41-21-33(53)22-42(49)70-44-24-35(55)26-46(51(44)67-75(61,62)39-17-9-31(3)10-18-39)72-48-28-36(56)27-47(52(48)68-76(63,64)40-19-11-32(4)12-20-40)71-45-25-34(54)23-43(69-41)50(45)66-74(59,60)38-15-7-30(2)8-16-38;2-1-3/h5-28H,1-4H3;1H2. The number of alkyl halides is 2. The van der Waals surface area contributed by atoms with E-state index in [-0.39, 0.29) is 87.1 Å². The van der Waals surface area contributed by atoms with E-state index in [0.29, 0.717) is 17.9 Å². The highest BCUT2D eigenvalue weighted by Crippen LogP contribution is 2.57. The predicted octanol–water partition coefficient (Wildman–Crippen LogP) is 17.4. The number of fused-ring (bicyclic) bond motifs is 8. The van der Waals surface area contributed by atoms with Gasteiger partial charge >= 0.3 is 40.5 Å². The van der Waals surface area contributed by atoms with Crippen molar-refractivity contribution in [3.8, 4) is 23.0 Å². The second kappa shape index (κ2) is 25.7. The van der Waals surface area contributed by atoms with Crippen LogP contribution < -0.4 is 16.7 Å². The van der Waals surface area contributed by atoms with E-state index in [4.69, 9.17) is 39.9 Å². The molecule has 0 unspecified atom stereocenters. The lowest BCUT2D eigenvalue weighted by Crippen LogP contribution is -2.13. The molecule has 1 heterocycles. The minimum absolute atomic E-state index is 0.128. The SMILES string of the molecule is Cc1ccc(S(=O)(=O)Oc2c3cc(Br)cc2Sc2cc(Br)cc(c2OS(=O)(=O)c2ccc(C)cc2)Sc2cc(Br)cc(c2OS(=O)(=O)c2ccc(C)cc2)Sc2cc(Br)cc(c2OS(=O)(=O)c2ccc(C)cc2)S3)cc1.ClCCl. The first-order valence-electron chi connectivity index (χ1n) is 22.5. The Morgan fingerprint density at radius 3 is 0.595 bits per heavy atom. The number of hydrogen-bond donors (Lipinski definition) is 0. The molecule has 0 radical (unpaired) electrons. The molecule has 0 spiro atoms. The summed E-state index contributed by atoms with van der Waals surface area (Å²) in [6, 6.07) is 36.8. The first-order chi connectivity index (χ1) is 37.2. The van der Waals surface area contributed by atoms with E-state index in [2.05, 4.69) is 63.7 Å². The zero-order valence-corrected chi connectivity index (χ0v) is 55.4. The van der Waals surface area contributed by atoms with E-state index in [0.717, 1.165) is 69.3 Å². The Balaban J connectivity index is 0.00000268. The lowest BCUT2D eigenvalue weighted by molar-refractivity contribution is 0.472. The van der Waals surface area contributed by atoms with Gasteiger partial charge in [0.1, 0.15) is 19.6 Å². The Morgan fingerprint density at radius 2 is 0.456 bits per heavy atom. The Morgan fingerprint density at radius 1 is 0.316 bits per heavy atom. The molecule has 79 heavy (non-hydrogen) atoms. The molecular formula is C53H38Br4Cl2O12S8. The summed E-state index contributed by atoms with van der Waals surface area (Å²) in [6.45, 7) is 7.21. The molecule has 0 saturated carbocycles. The molecule has 0 N–H and O–H groups in total. The fourth-order valence-corrected chi connectivity index (χ4v) is 19.0. The highest BCUT2D eigenvalue weighted by Gasteiger charge is 2.32. The van der Waals surface area contributed by atoms with Crippen LogP contribution in [0, 0.1) is 27.7 Å². The average Bonchev–Trinajstić information content (AvgIpc) is 3.38. The zero-order valence-electron chi connectivity index (χ0n) is 41.0. The molecule has 412 valence electrons. The van der Waals surface area contributed by atoms with Crippen molar-refractivity contribution in [2.24, 2.45) is 0 Å². The van der Waals surface area contributed by atoms with Gasteiger partial charge in [-0.15, -0.1) is 23.2 Å². The van der Waals surface area contributed by atoms with Gasteiger partial charge in [-0.2, -0.15) is 33.7 Å². The molecule has 0 aromatic heterocycles. The van der Waals surface area contributed by atoms with Crippen LogP contribution in [0.5, 0.6) is 23.0 Å². The maximum atomic E-state index is 14.4. The van der Waals surface area contributed by atoms with E-state index >= 15 is 0 Å². The van der Waals surface area contributed by atoms with Gasteiger partial charge in [0.2, 0.25) is 0 Å². The molecule has 8 bridgehead atoms. The van der Waals surface area contributed by atoms with Crippen LogP contribution in [0.4, 0.5) is 0 Å². The summed E-state index contributed by atoms with van der Waals surface area (Å²) in [4.78, 5) is 0.336. The van der Waals surface area contributed by atoms with Crippen LogP contribution in [-0.2, 0) is 40.5 Å². The van der Waals surface area contributed by atoms with Crippen molar-refractivity contribution >= 4 is 174 Å². The Hall–Kier alpha value is -3.34. The van der Waals surface area contributed by atoms with Crippen LogP contribution in [0.15, 0.2) is 222 Å². The molecule has 8 aromatic carbocycles. The summed E-state index contributed by atoms with van der Waals surface area (Å²) >= 11 is 27.6. The van der Waals surface area contributed by atoms with Crippen molar-refractivity contribution in [2.75, 3.05) is 5.34 Å². The zero-order chi connectivity index (χ0) is 57.2. The van der Waals surface area contributed by atoms with Crippen molar-refractivity contribution in [3.05, 3.63) is 186 Å². The lowest BCUT2D eigenvalue weighted by atomic mass is 10.2. The monoisotopic (exact) mass is 1510 g/mol. The maximum Gasteiger partial charge on any atom is 0.339 e. The van der Waals surface area contributed by atoms with Crippen molar-refractivity contribution in [2.45, 2.75) is 86.4 Å². The van der Waals surface area contributed by atoms with Gasteiger partial charge in [-0.3, -0.25) is 0 Å². The van der Waals surface area contributed by atoms with Crippen molar-refractivity contribution in [1.82, 2.24) is 0 Å². The second-order valence-corrected chi connectivity index (χ2v) is 31.8. The molecule has 1 aliphatic rings. The topological polar surface area (TPSA) is 173 Å². The summed E-state index contributed by atoms with van der Waals surface area (Å²) in [5, 5.41) is 0.194. The lowest BCUT2D eigenvalue weighted by Gasteiger charge is -2.22. The molecule has 0 amide bonds. The molecule has 8 aromatic rings. The van der Waals surface area contributed by atoms with Crippen LogP contribution >= 0.6 is 134 Å². The van der Waals surface area contributed by atoms with Gasteiger partial charge in [0.05, 0.1) is 44.5 Å². The molecule has 0 fully saturated rings. The van der Waals surface area contributed by atoms with Crippen LogP contribution in [0.1, 0.15) is 22.3 Å². The summed E-state index contributed by atoms with van der Waals surface area (Å²) in [7, 11) is -18.5. The van der Waals surface area contributed by atoms with Gasteiger partial charge in [0.25, 0.3) is 0 Å². The number of benzene rings is 8. The molecule has 0 atom stereocenters. The van der Waals surface area contributed by atoms with Crippen LogP contribution in [0.2, 0.25) is 0 Å². The van der Waals surface area contributed by atoms with Crippen LogP contribution in [0.25, 0.3) is 0 Å². The Labute approximate surface area is 519 Å². The van der Waals surface area contributed by atoms with E-state index in [1.54, 1.807) is 125 Å². The fraction of sp³-hybridized carbons (Fsp3) is 0.0943. The van der Waals surface area contributed by atoms with Gasteiger partial charge in [-0.25, -0.2) is 0 Å². The summed E-state index contributed by atoms with van der Waals surface area (Å²) in [5.74, 6) is -0.889.